The lowest BCUT2D eigenvalue weighted by molar-refractivity contribution is 0.419. The van der Waals surface area contributed by atoms with Crippen molar-refractivity contribution in [1.29, 1.82) is 0 Å². The molecule has 1 saturated heterocycles. The van der Waals surface area contributed by atoms with E-state index in [1.54, 1.807) is 6.20 Å². The Kier molecular flexibility index (Phi) is 2.66. The molecule has 2 heterocycles. The Balaban J connectivity index is 1.96. The molecule has 0 bridgehead atoms. The van der Waals surface area contributed by atoms with Crippen molar-refractivity contribution in [2.45, 2.75) is 12.8 Å². The number of nitrogens with one attached hydrogen (secondary N) is 1. The molecule has 0 unspecified atom stereocenters. The highest BCUT2D eigenvalue weighted by atomic mass is 16.5. The molecule has 0 radical (unpaired) electrons. The van der Waals surface area contributed by atoms with E-state index >= 15 is 0 Å². The van der Waals surface area contributed by atoms with E-state index in [1.165, 1.54) is 18.4 Å². The van der Waals surface area contributed by atoms with Crippen LogP contribution in [0, 0.1) is 11.1 Å². The summed E-state index contributed by atoms with van der Waals surface area (Å²) in [5.74, 6) is 0.672. The smallest absolute Gasteiger partial charge is 0.0245 e. The van der Waals surface area contributed by atoms with E-state index < -0.39 is 0 Å². The quantitative estimate of drug-likeness (QED) is 0.658. The van der Waals surface area contributed by atoms with Crippen molar-refractivity contribution in [3.63, 3.8) is 0 Å². The van der Waals surface area contributed by atoms with Crippen molar-refractivity contribution in [2.24, 2.45) is 5.92 Å². The summed E-state index contributed by atoms with van der Waals surface area (Å²) in [5.41, 5.74) is 1.36. The van der Waals surface area contributed by atoms with Crippen LogP contribution >= 0.6 is 0 Å². The molecule has 0 aliphatic carbocycles. The molecule has 0 amide bonds. The van der Waals surface area contributed by atoms with E-state index in [-0.39, 0.29) is 0 Å². The summed E-state index contributed by atoms with van der Waals surface area (Å²) in [5, 5.41) is 15.2. The van der Waals surface area contributed by atoms with Crippen molar-refractivity contribution in [3.8, 4) is 0 Å². The van der Waals surface area contributed by atoms with Gasteiger partial charge in [0.15, 0.2) is 0 Å². The van der Waals surface area contributed by atoms with Crippen LogP contribution in [0.1, 0.15) is 12.8 Å². The van der Waals surface area contributed by atoms with Crippen molar-refractivity contribution >= 4 is 0 Å². The molecule has 0 spiro atoms. The van der Waals surface area contributed by atoms with E-state index in [0.29, 0.717) is 12.5 Å². The predicted molar refractivity (Wildman–Crippen MR) is 52.9 cm³/mol. The van der Waals surface area contributed by atoms with Gasteiger partial charge in [0, 0.05) is 6.54 Å². The minimum absolute atomic E-state index is 0.524. The summed E-state index contributed by atoms with van der Waals surface area (Å²) in [4.78, 5) is 0. The number of piperidine rings is 1. The molecule has 0 atom stereocenters. The number of rotatable bonds is 1. The maximum Gasteiger partial charge on any atom is 0.0245 e. The van der Waals surface area contributed by atoms with E-state index in [9.17, 15) is 5.21 Å². The summed E-state index contributed by atoms with van der Waals surface area (Å²) in [6.07, 6.45) is 8.07. The Hall–Kier alpha value is -0.800. The minimum Gasteiger partial charge on any atom is -0.758 e. The van der Waals surface area contributed by atoms with Crippen LogP contribution in [0.15, 0.2) is 23.9 Å². The van der Waals surface area contributed by atoms with Gasteiger partial charge >= 0.3 is 0 Å². The minimum atomic E-state index is 0.524. The number of allylic oxidation sites excluding steroid dienone is 2. The monoisotopic (exact) mass is 179 g/mol. The molecule has 13 heavy (non-hydrogen) atoms. The van der Waals surface area contributed by atoms with E-state index in [2.05, 4.69) is 11.4 Å². The van der Waals surface area contributed by atoms with Gasteiger partial charge in [0.25, 0.3) is 0 Å². The van der Waals surface area contributed by atoms with Gasteiger partial charge in [0.1, 0.15) is 0 Å². The zero-order valence-corrected chi connectivity index (χ0v) is 7.70. The molecule has 1 N–H and O–H groups in total. The molecule has 2 aliphatic rings. The van der Waals surface area contributed by atoms with Crippen molar-refractivity contribution in [1.82, 2.24) is 10.4 Å². The third-order valence-corrected chi connectivity index (χ3v) is 2.75. The fourth-order valence-electron chi connectivity index (χ4n) is 1.95. The summed E-state index contributed by atoms with van der Waals surface area (Å²) in [6, 6.07) is 0. The topological polar surface area (TPSA) is 38.3 Å². The van der Waals surface area contributed by atoms with Gasteiger partial charge in [-0.2, -0.15) is 0 Å². The van der Waals surface area contributed by atoms with Crippen LogP contribution in [-0.2, 0) is 0 Å². The first-order valence-electron chi connectivity index (χ1n) is 4.89. The molecule has 0 aromatic heterocycles. The molecule has 0 saturated carbocycles. The van der Waals surface area contributed by atoms with Crippen LogP contribution in [0.2, 0.25) is 0 Å². The Bertz CT molecular complexity index is 229. The normalized spacial score (nSPS) is 24.7. The van der Waals surface area contributed by atoms with Crippen LogP contribution in [0.3, 0.4) is 0 Å². The third-order valence-electron chi connectivity index (χ3n) is 2.75. The first kappa shape index (κ1) is 8.78. The van der Waals surface area contributed by atoms with Gasteiger partial charge in [-0.1, -0.05) is 6.08 Å². The van der Waals surface area contributed by atoms with Crippen LogP contribution in [0.4, 0.5) is 0 Å². The fourth-order valence-corrected chi connectivity index (χ4v) is 1.95. The summed E-state index contributed by atoms with van der Waals surface area (Å²) in [6.45, 7) is 2.74. The largest absolute Gasteiger partial charge is 0.758 e. The summed E-state index contributed by atoms with van der Waals surface area (Å²) >= 11 is 0. The summed E-state index contributed by atoms with van der Waals surface area (Å²) in [7, 11) is 0. The lowest BCUT2D eigenvalue weighted by Crippen LogP contribution is -2.29. The van der Waals surface area contributed by atoms with E-state index in [0.717, 1.165) is 18.2 Å². The second kappa shape index (κ2) is 3.94. The van der Waals surface area contributed by atoms with Gasteiger partial charge in [-0.05, 0) is 49.7 Å². The molecule has 2 aliphatic heterocycles. The number of nitrogens with zero attached hydrogens (tertiary/aromatic N) is 1. The Morgan fingerprint density at radius 2 is 2.15 bits per heavy atom. The second-order valence-corrected chi connectivity index (χ2v) is 3.64. The molecular formula is C10H15N2O-. The summed E-state index contributed by atoms with van der Waals surface area (Å²) < 4.78 is 0. The third kappa shape index (κ3) is 2.11. The lowest BCUT2D eigenvalue weighted by atomic mass is 9.89. The Morgan fingerprint density at radius 1 is 1.38 bits per heavy atom. The zero-order valence-electron chi connectivity index (χ0n) is 7.70. The Labute approximate surface area is 78.7 Å². The first-order chi connectivity index (χ1) is 6.36. The van der Waals surface area contributed by atoms with Crippen LogP contribution in [0.25, 0.3) is 0 Å². The van der Waals surface area contributed by atoms with Gasteiger partial charge in [-0.3, -0.25) is 0 Å². The molecule has 3 nitrogen and oxygen atoms in total. The zero-order chi connectivity index (χ0) is 9.10. The molecular weight excluding hydrogens is 164 g/mol. The van der Waals surface area contributed by atoms with E-state index in [4.69, 9.17) is 0 Å². The van der Waals surface area contributed by atoms with E-state index in [1.807, 2.05) is 6.08 Å². The number of hydrogen-bond donors (Lipinski definition) is 1. The molecule has 1 fully saturated rings. The van der Waals surface area contributed by atoms with Crippen molar-refractivity contribution in [3.05, 3.63) is 29.1 Å². The van der Waals surface area contributed by atoms with Gasteiger partial charge in [-0.25, -0.2) is 0 Å². The average molecular weight is 179 g/mol. The van der Waals surface area contributed by atoms with Crippen molar-refractivity contribution in [2.75, 3.05) is 19.6 Å². The van der Waals surface area contributed by atoms with Crippen molar-refractivity contribution < 1.29 is 0 Å². The second-order valence-electron chi connectivity index (χ2n) is 3.64. The molecule has 0 aromatic carbocycles. The van der Waals surface area contributed by atoms with Gasteiger partial charge in [0.05, 0.1) is 0 Å². The lowest BCUT2D eigenvalue weighted by Gasteiger charge is -2.31. The molecule has 3 heteroatoms. The SMILES string of the molecule is [O-]N1C=CC(C2CCNCC2)=CC1. The highest BCUT2D eigenvalue weighted by Crippen LogP contribution is 2.24. The Morgan fingerprint density at radius 3 is 2.77 bits per heavy atom. The first-order valence-corrected chi connectivity index (χ1v) is 4.89. The molecule has 72 valence electrons. The van der Waals surface area contributed by atoms with Gasteiger partial charge < -0.3 is 15.6 Å². The maximum atomic E-state index is 10.9. The maximum absolute atomic E-state index is 10.9. The highest BCUT2D eigenvalue weighted by molar-refractivity contribution is 5.25. The highest BCUT2D eigenvalue weighted by Gasteiger charge is 2.16. The number of hydroxylamine groups is 2. The number of hydrogen-bond acceptors (Lipinski definition) is 3. The van der Waals surface area contributed by atoms with Gasteiger partial charge in [-0.15, -0.1) is 0 Å². The van der Waals surface area contributed by atoms with Gasteiger partial charge in [0.2, 0.25) is 0 Å². The molecule has 2 rings (SSSR count). The predicted octanol–water partition coefficient (Wildman–Crippen LogP) is 1.24. The van der Waals surface area contributed by atoms with Crippen LogP contribution in [0.5, 0.6) is 0 Å². The van der Waals surface area contributed by atoms with Crippen LogP contribution < -0.4 is 5.32 Å². The van der Waals surface area contributed by atoms with Crippen LogP contribution in [-0.4, -0.2) is 24.7 Å². The standard InChI is InChI=1S/C10H15N2O/c13-12-7-3-10(4-8-12)9-1-5-11-6-2-9/h3-4,7,9,11H,1-2,5-6,8H2/q-1. The average Bonchev–Trinajstić information content (AvgIpc) is 2.20. The fraction of sp³-hybridized carbons (Fsp3) is 0.600. The molecule has 0 aromatic rings.